The molecule has 2 rings (SSSR count). The summed E-state index contributed by atoms with van der Waals surface area (Å²) in [5.41, 5.74) is 1.07. The zero-order valence-corrected chi connectivity index (χ0v) is 14.3. The van der Waals surface area contributed by atoms with Crippen molar-refractivity contribution in [2.24, 2.45) is 0 Å². The highest BCUT2D eigenvalue weighted by Crippen LogP contribution is 2.28. The summed E-state index contributed by atoms with van der Waals surface area (Å²) in [5.74, 6) is 1.38. The Morgan fingerprint density at radius 2 is 1.83 bits per heavy atom. The summed E-state index contributed by atoms with van der Waals surface area (Å²) in [6.45, 7) is 0.505. The maximum atomic E-state index is 10.7. The molecular weight excluding hydrogens is 320 g/mol. The molecule has 0 aliphatic heterocycles. The summed E-state index contributed by atoms with van der Waals surface area (Å²) >= 11 is -2.49. The minimum absolute atomic E-state index is 0.165. The lowest BCUT2D eigenvalue weighted by molar-refractivity contribution is -0.0447. The van der Waals surface area contributed by atoms with E-state index in [0.29, 0.717) is 24.5 Å². The Hall–Kier alpha value is -1.15. The Kier molecular flexibility index (Phi) is 7.29. The van der Waals surface area contributed by atoms with Gasteiger partial charge in [-0.1, -0.05) is 18.9 Å². The zero-order valence-electron chi connectivity index (χ0n) is 13.5. The van der Waals surface area contributed by atoms with Gasteiger partial charge < -0.3 is 18.8 Å². The lowest BCUT2D eigenvalue weighted by atomic mass is 9.95. The molecule has 1 aliphatic rings. The molecule has 0 amide bonds. The fraction of sp³-hybridized carbons (Fsp3) is 0.625. The van der Waals surface area contributed by atoms with Crippen molar-refractivity contribution in [1.82, 2.24) is 0 Å². The van der Waals surface area contributed by atoms with Crippen molar-refractivity contribution in [2.45, 2.75) is 44.3 Å². The number of ether oxygens (including phenoxy) is 3. The van der Waals surface area contributed by atoms with Gasteiger partial charge in [-0.2, -0.15) is 0 Å². The van der Waals surface area contributed by atoms with Crippen molar-refractivity contribution in [3.63, 3.8) is 0 Å². The third kappa shape index (κ3) is 5.46. The lowest BCUT2D eigenvalue weighted by Crippen LogP contribution is -2.35. The molecule has 0 aromatic heterocycles. The van der Waals surface area contributed by atoms with Crippen LogP contribution in [-0.4, -0.2) is 41.8 Å². The van der Waals surface area contributed by atoms with E-state index >= 15 is 0 Å². The van der Waals surface area contributed by atoms with E-state index in [-0.39, 0.29) is 12.2 Å². The van der Waals surface area contributed by atoms with Crippen molar-refractivity contribution >= 4 is 11.4 Å². The lowest BCUT2D eigenvalue weighted by Gasteiger charge is -2.31. The minimum Gasteiger partial charge on any atom is -0.750 e. The Labute approximate surface area is 139 Å². The van der Waals surface area contributed by atoms with Gasteiger partial charge in [-0.05, 0) is 37.0 Å². The summed E-state index contributed by atoms with van der Waals surface area (Å²) in [6, 6.07) is 5.75. The second kappa shape index (κ2) is 9.22. The van der Waals surface area contributed by atoms with Crippen LogP contribution in [0.3, 0.4) is 0 Å². The first-order chi connectivity index (χ1) is 11.1. The Morgan fingerprint density at radius 3 is 2.48 bits per heavy atom. The van der Waals surface area contributed by atoms with Crippen LogP contribution < -0.4 is 9.47 Å². The second-order valence-electron chi connectivity index (χ2n) is 5.47. The van der Waals surface area contributed by atoms with Gasteiger partial charge >= 0.3 is 0 Å². The Morgan fingerprint density at radius 1 is 1.13 bits per heavy atom. The van der Waals surface area contributed by atoms with Gasteiger partial charge in [0.25, 0.3) is 0 Å². The van der Waals surface area contributed by atoms with Gasteiger partial charge in [0.05, 0.1) is 44.4 Å². The van der Waals surface area contributed by atoms with Crippen LogP contribution in [0.1, 0.15) is 31.2 Å². The molecule has 1 aromatic rings. The van der Waals surface area contributed by atoms with Gasteiger partial charge in [-0.25, -0.2) is 4.21 Å². The first kappa shape index (κ1) is 18.2. The van der Waals surface area contributed by atoms with Gasteiger partial charge in [-0.3, -0.25) is 4.18 Å². The SMILES string of the molecule is COc1ccc(CCO[C@@H]2CCCC[C@@H]2OS(=O)[O-])cc1OC. The third-order valence-electron chi connectivity index (χ3n) is 4.01. The van der Waals surface area contributed by atoms with Crippen LogP contribution in [-0.2, 0) is 26.7 Å². The molecule has 1 fully saturated rings. The number of hydrogen-bond acceptors (Lipinski definition) is 6. The van der Waals surface area contributed by atoms with E-state index in [1.165, 1.54) is 0 Å². The number of hydrogen-bond donors (Lipinski definition) is 0. The second-order valence-corrected chi connectivity index (χ2v) is 6.07. The summed E-state index contributed by atoms with van der Waals surface area (Å²) < 4.78 is 42.8. The van der Waals surface area contributed by atoms with E-state index in [9.17, 15) is 8.76 Å². The molecular formula is C16H23O6S-. The van der Waals surface area contributed by atoms with Gasteiger partial charge in [0.2, 0.25) is 0 Å². The molecule has 1 saturated carbocycles. The first-order valence-electron chi connectivity index (χ1n) is 7.73. The average Bonchev–Trinajstić information content (AvgIpc) is 2.55. The van der Waals surface area contributed by atoms with E-state index in [4.69, 9.17) is 18.4 Å². The highest BCUT2D eigenvalue weighted by atomic mass is 32.2. The molecule has 0 spiro atoms. The maximum Gasteiger partial charge on any atom is 0.160 e. The van der Waals surface area contributed by atoms with E-state index < -0.39 is 11.4 Å². The van der Waals surface area contributed by atoms with E-state index in [0.717, 1.165) is 31.2 Å². The summed E-state index contributed by atoms with van der Waals surface area (Å²) in [6.07, 6.45) is 3.73. The van der Waals surface area contributed by atoms with Crippen LogP contribution in [0.15, 0.2) is 18.2 Å². The molecule has 0 saturated heterocycles. The van der Waals surface area contributed by atoms with E-state index in [2.05, 4.69) is 0 Å². The molecule has 6 nitrogen and oxygen atoms in total. The third-order valence-corrected chi connectivity index (χ3v) is 4.42. The van der Waals surface area contributed by atoms with Gasteiger partial charge in [0.1, 0.15) is 0 Å². The summed E-state index contributed by atoms with van der Waals surface area (Å²) in [4.78, 5) is 0. The molecule has 1 unspecified atom stereocenters. The van der Waals surface area contributed by atoms with Crippen molar-refractivity contribution in [2.75, 3.05) is 20.8 Å². The summed E-state index contributed by atoms with van der Waals surface area (Å²) in [5, 5.41) is 0. The predicted molar refractivity (Wildman–Crippen MR) is 85.3 cm³/mol. The fourth-order valence-electron chi connectivity index (χ4n) is 2.83. The van der Waals surface area contributed by atoms with Gasteiger partial charge in [0.15, 0.2) is 11.5 Å². The molecule has 3 atom stereocenters. The Balaban J connectivity index is 1.86. The van der Waals surface area contributed by atoms with Crippen molar-refractivity contribution in [3.05, 3.63) is 23.8 Å². The standard InChI is InChI=1S/C16H24O6S/c1-19-13-8-7-12(11-16(13)20-2)9-10-21-14-5-3-4-6-15(14)22-23(17)18/h7-8,11,14-15H,3-6,9-10H2,1-2H3,(H,17,18)/p-1/t14-,15+/m1/s1. The largest absolute Gasteiger partial charge is 0.750 e. The van der Waals surface area contributed by atoms with Gasteiger partial charge in [0, 0.05) is 0 Å². The van der Waals surface area contributed by atoms with Crippen LogP contribution in [0.2, 0.25) is 0 Å². The number of methoxy groups -OCH3 is 2. The highest BCUT2D eigenvalue weighted by Gasteiger charge is 2.27. The van der Waals surface area contributed by atoms with E-state index in [1.54, 1.807) is 14.2 Å². The smallest absolute Gasteiger partial charge is 0.160 e. The van der Waals surface area contributed by atoms with Crippen LogP contribution in [0, 0.1) is 0 Å². The highest BCUT2D eigenvalue weighted by molar-refractivity contribution is 7.74. The quantitative estimate of drug-likeness (QED) is 0.675. The fourth-order valence-corrected chi connectivity index (χ4v) is 3.25. The molecule has 0 radical (unpaired) electrons. The van der Waals surface area contributed by atoms with E-state index in [1.807, 2.05) is 18.2 Å². The average molecular weight is 343 g/mol. The predicted octanol–water partition coefficient (Wildman–Crippen LogP) is 2.38. The van der Waals surface area contributed by atoms with Crippen molar-refractivity contribution in [1.29, 1.82) is 0 Å². The van der Waals surface area contributed by atoms with Gasteiger partial charge in [-0.15, -0.1) is 0 Å². The normalized spacial score (nSPS) is 22.6. The molecule has 1 aliphatic carbocycles. The zero-order chi connectivity index (χ0) is 16.7. The number of benzene rings is 1. The van der Waals surface area contributed by atoms with Crippen LogP contribution in [0.25, 0.3) is 0 Å². The monoisotopic (exact) mass is 343 g/mol. The molecule has 23 heavy (non-hydrogen) atoms. The molecule has 7 heteroatoms. The maximum absolute atomic E-state index is 10.7. The Bertz CT molecular complexity index is 521. The molecule has 130 valence electrons. The molecule has 1 aromatic carbocycles. The van der Waals surface area contributed by atoms with Crippen molar-refractivity contribution < 1.29 is 27.2 Å². The van der Waals surface area contributed by atoms with Crippen LogP contribution >= 0.6 is 0 Å². The molecule has 0 bridgehead atoms. The molecule has 0 N–H and O–H groups in total. The van der Waals surface area contributed by atoms with Crippen molar-refractivity contribution in [3.8, 4) is 11.5 Å². The first-order valence-corrected chi connectivity index (χ1v) is 8.73. The topological polar surface area (TPSA) is 77.1 Å². The molecule has 0 heterocycles. The number of rotatable bonds is 8. The van der Waals surface area contributed by atoms with Crippen LogP contribution in [0.5, 0.6) is 11.5 Å². The van der Waals surface area contributed by atoms with Crippen LogP contribution in [0.4, 0.5) is 0 Å². The summed E-state index contributed by atoms with van der Waals surface area (Å²) in [7, 11) is 3.20. The minimum atomic E-state index is -2.49.